The van der Waals surface area contributed by atoms with Gasteiger partial charge in [0, 0.05) is 12.5 Å². The van der Waals surface area contributed by atoms with E-state index < -0.39 is 0 Å². The van der Waals surface area contributed by atoms with E-state index >= 15 is 0 Å². The fourth-order valence-electron chi connectivity index (χ4n) is 3.65. The lowest BCUT2D eigenvalue weighted by molar-refractivity contribution is -0.122. The van der Waals surface area contributed by atoms with E-state index in [1.165, 1.54) is 35.6 Å². The highest BCUT2D eigenvalue weighted by Gasteiger charge is 2.43. The molecule has 2 aliphatic carbocycles. The maximum Gasteiger partial charge on any atom is 0.224 e. The van der Waals surface area contributed by atoms with Crippen LogP contribution in [0.3, 0.4) is 0 Å². The number of aryl methyl sites for hydroxylation is 2. The molecule has 0 saturated heterocycles. The van der Waals surface area contributed by atoms with Crippen molar-refractivity contribution in [3.8, 4) is 0 Å². The van der Waals surface area contributed by atoms with E-state index in [2.05, 4.69) is 23.5 Å². The van der Waals surface area contributed by atoms with Crippen molar-refractivity contribution in [1.82, 2.24) is 5.32 Å². The van der Waals surface area contributed by atoms with Crippen LogP contribution in [0.2, 0.25) is 0 Å². The molecule has 1 N–H and O–H groups in total. The van der Waals surface area contributed by atoms with Crippen LogP contribution in [0.15, 0.2) is 42.5 Å². The third kappa shape index (κ3) is 3.00. The Bertz CT molecular complexity index is 755. The standard InChI is InChI=1S/C20H20FNO/c21-17-6-2-5-16(10-17)18-11-19(18)20(23)22-12-13-7-8-14-3-1-4-15(14)9-13/h2,5-10,18-19H,1,3-4,11-12H2,(H,22,23)/t18-,19-/m0/s1. The summed E-state index contributed by atoms with van der Waals surface area (Å²) >= 11 is 0. The van der Waals surface area contributed by atoms with Crippen LogP contribution in [0.4, 0.5) is 4.39 Å². The first kappa shape index (κ1) is 14.4. The summed E-state index contributed by atoms with van der Waals surface area (Å²) in [6.07, 6.45) is 4.39. The van der Waals surface area contributed by atoms with Crippen LogP contribution in [-0.4, -0.2) is 5.91 Å². The van der Waals surface area contributed by atoms with Crippen LogP contribution in [0.25, 0.3) is 0 Å². The molecular weight excluding hydrogens is 289 g/mol. The molecule has 1 amide bonds. The highest BCUT2D eigenvalue weighted by atomic mass is 19.1. The Morgan fingerprint density at radius 2 is 2.00 bits per heavy atom. The maximum atomic E-state index is 13.3. The number of amides is 1. The first-order valence-electron chi connectivity index (χ1n) is 8.34. The van der Waals surface area contributed by atoms with Gasteiger partial charge in [-0.25, -0.2) is 4.39 Å². The fourth-order valence-corrected chi connectivity index (χ4v) is 3.65. The Hall–Kier alpha value is -2.16. The lowest BCUT2D eigenvalue weighted by Gasteiger charge is -2.07. The minimum absolute atomic E-state index is 0.00812. The van der Waals surface area contributed by atoms with Gasteiger partial charge >= 0.3 is 0 Å². The number of hydrogen-bond acceptors (Lipinski definition) is 1. The summed E-state index contributed by atoms with van der Waals surface area (Å²) in [5.74, 6) is 0.0170. The summed E-state index contributed by atoms with van der Waals surface area (Å²) in [7, 11) is 0. The molecule has 0 radical (unpaired) electrons. The average molecular weight is 309 g/mol. The molecule has 1 fully saturated rings. The minimum atomic E-state index is -0.230. The molecule has 2 atom stereocenters. The van der Waals surface area contributed by atoms with Crippen LogP contribution in [0.5, 0.6) is 0 Å². The Kier molecular flexibility index (Phi) is 3.64. The van der Waals surface area contributed by atoms with Crippen molar-refractivity contribution < 1.29 is 9.18 Å². The van der Waals surface area contributed by atoms with Crippen LogP contribution < -0.4 is 5.32 Å². The van der Waals surface area contributed by atoms with Gasteiger partial charge in [-0.3, -0.25) is 4.79 Å². The summed E-state index contributed by atoms with van der Waals surface area (Å²) in [6.45, 7) is 0.582. The molecule has 0 aliphatic heterocycles. The fraction of sp³-hybridized carbons (Fsp3) is 0.350. The number of nitrogens with one attached hydrogen (secondary N) is 1. The van der Waals surface area contributed by atoms with Gasteiger partial charge < -0.3 is 5.32 Å². The predicted molar refractivity (Wildman–Crippen MR) is 87.6 cm³/mol. The molecule has 0 bridgehead atoms. The lowest BCUT2D eigenvalue weighted by Crippen LogP contribution is -2.24. The Balaban J connectivity index is 1.34. The molecule has 0 spiro atoms. The molecule has 2 aromatic rings. The number of carbonyl (C=O) groups excluding carboxylic acids is 1. The van der Waals surface area contributed by atoms with Gasteiger partial charge in [0.25, 0.3) is 0 Å². The predicted octanol–water partition coefficient (Wildman–Crippen LogP) is 3.73. The van der Waals surface area contributed by atoms with Gasteiger partial charge in [-0.15, -0.1) is 0 Å². The van der Waals surface area contributed by atoms with E-state index in [-0.39, 0.29) is 23.6 Å². The zero-order chi connectivity index (χ0) is 15.8. The second-order valence-electron chi connectivity index (χ2n) is 6.68. The molecule has 118 valence electrons. The van der Waals surface area contributed by atoms with Crippen molar-refractivity contribution in [2.24, 2.45) is 5.92 Å². The van der Waals surface area contributed by atoms with Crippen molar-refractivity contribution in [3.05, 3.63) is 70.5 Å². The summed E-state index contributed by atoms with van der Waals surface area (Å²) < 4.78 is 13.3. The van der Waals surface area contributed by atoms with E-state index in [9.17, 15) is 9.18 Å². The van der Waals surface area contributed by atoms with Crippen LogP contribution in [0, 0.1) is 11.7 Å². The van der Waals surface area contributed by atoms with Crippen molar-refractivity contribution in [1.29, 1.82) is 0 Å². The van der Waals surface area contributed by atoms with Gasteiger partial charge in [-0.2, -0.15) is 0 Å². The number of halogens is 1. The zero-order valence-electron chi connectivity index (χ0n) is 13.0. The van der Waals surface area contributed by atoms with E-state index in [1.807, 2.05) is 6.07 Å². The number of carbonyl (C=O) groups is 1. The second kappa shape index (κ2) is 5.80. The van der Waals surface area contributed by atoms with Crippen LogP contribution in [0.1, 0.15) is 41.0 Å². The zero-order valence-corrected chi connectivity index (χ0v) is 13.0. The molecular formula is C20H20FNO. The molecule has 3 heteroatoms. The van der Waals surface area contributed by atoms with Gasteiger partial charge in [-0.05, 0) is 66.0 Å². The highest BCUT2D eigenvalue weighted by molar-refractivity contribution is 5.82. The summed E-state index contributed by atoms with van der Waals surface area (Å²) in [5.41, 5.74) is 4.99. The van der Waals surface area contributed by atoms with Crippen molar-refractivity contribution in [2.75, 3.05) is 0 Å². The largest absolute Gasteiger partial charge is 0.352 e. The number of benzene rings is 2. The average Bonchev–Trinajstić information content (AvgIpc) is 3.23. The lowest BCUT2D eigenvalue weighted by atomic mass is 10.1. The quantitative estimate of drug-likeness (QED) is 0.916. The number of hydrogen-bond donors (Lipinski definition) is 1. The first-order chi connectivity index (χ1) is 11.2. The molecule has 0 heterocycles. The molecule has 0 aromatic heterocycles. The Morgan fingerprint density at radius 1 is 1.13 bits per heavy atom. The van der Waals surface area contributed by atoms with Gasteiger partial charge in [0.05, 0.1) is 0 Å². The van der Waals surface area contributed by atoms with Gasteiger partial charge in [0.2, 0.25) is 5.91 Å². The van der Waals surface area contributed by atoms with Crippen molar-refractivity contribution in [2.45, 2.75) is 38.1 Å². The topological polar surface area (TPSA) is 29.1 Å². The summed E-state index contributed by atoms with van der Waals surface area (Å²) in [5, 5.41) is 3.03. The van der Waals surface area contributed by atoms with Crippen molar-refractivity contribution in [3.63, 3.8) is 0 Å². The molecule has 2 aromatic carbocycles. The molecule has 1 saturated carbocycles. The van der Waals surface area contributed by atoms with Gasteiger partial charge in [0.15, 0.2) is 0 Å². The molecule has 2 aliphatic rings. The maximum absolute atomic E-state index is 13.3. The number of fused-ring (bicyclic) bond motifs is 1. The third-order valence-corrected chi connectivity index (χ3v) is 5.03. The van der Waals surface area contributed by atoms with E-state index in [0.717, 1.165) is 18.4 Å². The van der Waals surface area contributed by atoms with E-state index in [1.54, 1.807) is 12.1 Å². The van der Waals surface area contributed by atoms with Crippen molar-refractivity contribution >= 4 is 5.91 Å². The van der Waals surface area contributed by atoms with E-state index in [0.29, 0.717) is 6.54 Å². The highest BCUT2D eigenvalue weighted by Crippen LogP contribution is 2.47. The molecule has 4 rings (SSSR count). The molecule has 0 unspecified atom stereocenters. The summed E-state index contributed by atoms with van der Waals surface area (Å²) in [4.78, 5) is 12.3. The first-order valence-corrected chi connectivity index (χ1v) is 8.34. The second-order valence-corrected chi connectivity index (χ2v) is 6.68. The number of rotatable bonds is 4. The SMILES string of the molecule is O=C(NCc1ccc2c(c1)CCC2)[C@H]1C[C@H]1c1cccc(F)c1. The smallest absolute Gasteiger partial charge is 0.224 e. The van der Waals surface area contributed by atoms with Crippen LogP contribution >= 0.6 is 0 Å². The van der Waals surface area contributed by atoms with E-state index in [4.69, 9.17) is 0 Å². The molecule has 23 heavy (non-hydrogen) atoms. The van der Waals surface area contributed by atoms with Gasteiger partial charge in [-0.1, -0.05) is 30.3 Å². The Labute approximate surface area is 135 Å². The normalized spacial score (nSPS) is 21.8. The third-order valence-electron chi connectivity index (χ3n) is 5.03. The van der Waals surface area contributed by atoms with Gasteiger partial charge in [0.1, 0.15) is 5.82 Å². The summed E-state index contributed by atoms with van der Waals surface area (Å²) in [6, 6.07) is 13.1. The monoisotopic (exact) mass is 309 g/mol. The van der Waals surface area contributed by atoms with Crippen LogP contribution in [-0.2, 0) is 24.2 Å². The minimum Gasteiger partial charge on any atom is -0.352 e. The molecule has 2 nitrogen and oxygen atoms in total. The Morgan fingerprint density at radius 3 is 2.87 bits per heavy atom.